The Morgan fingerprint density at radius 2 is 2.18 bits per heavy atom. The Labute approximate surface area is 66.8 Å². The average molecular weight is 157 g/mol. The van der Waals surface area contributed by atoms with Gasteiger partial charge in [0.15, 0.2) is 0 Å². The van der Waals surface area contributed by atoms with E-state index in [1.807, 2.05) is 6.92 Å². The van der Waals surface area contributed by atoms with Gasteiger partial charge in [-0.3, -0.25) is 4.99 Å². The summed E-state index contributed by atoms with van der Waals surface area (Å²) < 4.78 is 0. The standard InChI is InChI=1S/C7H15N3O/c1-3-7(6(2)10-11)9-5-4-8/h11H,3-5,8H2,1-2H3. The molecule has 0 amide bonds. The Bertz CT molecular complexity index is 163. The molecule has 0 heterocycles. The van der Waals surface area contributed by atoms with Gasteiger partial charge in [0.25, 0.3) is 0 Å². The maximum atomic E-state index is 8.41. The van der Waals surface area contributed by atoms with E-state index < -0.39 is 0 Å². The van der Waals surface area contributed by atoms with Crippen molar-refractivity contribution in [2.75, 3.05) is 13.1 Å². The van der Waals surface area contributed by atoms with Gasteiger partial charge >= 0.3 is 0 Å². The van der Waals surface area contributed by atoms with Crippen LogP contribution in [0.25, 0.3) is 0 Å². The Balaban J connectivity index is 4.15. The fourth-order valence-electron chi connectivity index (χ4n) is 0.739. The molecule has 11 heavy (non-hydrogen) atoms. The van der Waals surface area contributed by atoms with Crippen molar-refractivity contribution in [1.82, 2.24) is 0 Å². The van der Waals surface area contributed by atoms with E-state index in [0.717, 1.165) is 12.1 Å². The average Bonchev–Trinajstić information content (AvgIpc) is 2.05. The van der Waals surface area contributed by atoms with Crippen molar-refractivity contribution < 1.29 is 5.21 Å². The third kappa shape index (κ3) is 3.72. The van der Waals surface area contributed by atoms with Crippen molar-refractivity contribution in [2.45, 2.75) is 20.3 Å². The van der Waals surface area contributed by atoms with Gasteiger partial charge in [0.2, 0.25) is 0 Å². The van der Waals surface area contributed by atoms with E-state index in [2.05, 4.69) is 10.1 Å². The summed E-state index contributed by atoms with van der Waals surface area (Å²) in [6, 6.07) is 0. The zero-order valence-corrected chi connectivity index (χ0v) is 7.04. The van der Waals surface area contributed by atoms with Crippen LogP contribution in [0, 0.1) is 0 Å². The SMILES string of the molecule is CCC(=NCCN)C(C)=NO. The molecule has 0 aromatic rings. The number of nitrogens with two attached hydrogens (primary N) is 1. The molecule has 4 heteroatoms. The van der Waals surface area contributed by atoms with Gasteiger partial charge < -0.3 is 10.9 Å². The molecule has 0 atom stereocenters. The van der Waals surface area contributed by atoms with Crippen LogP contribution in [0.1, 0.15) is 20.3 Å². The topological polar surface area (TPSA) is 71.0 Å². The summed E-state index contributed by atoms with van der Waals surface area (Å²) in [6.07, 6.45) is 0.774. The Kier molecular flexibility index (Phi) is 5.37. The minimum atomic E-state index is 0.530. The van der Waals surface area contributed by atoms with E-state index in [0.29, 0.717) is 18.8 Å². The van der Waals surface area contributed by atoms with E-state index in [1.165, 1.54) is 0 Å². The van der Waals surface area contributed by atoms with Crippen LogP contribution >= 0.6 is 0 Å². The van der Waals surface area contributed by atoms with Gasteiger partial charge in [-0.25, -0.2) is 0 Å². The van der Waals surface area contributed by atoms with Crippen LogP contribution in [0.15, 0.2) is 10.1 Å². The van der Waals surface area contributed by atoms with Crippen LogP contribution in [0.3, 0.4) is 0 Å². The van der Waals surface area contributed by atoms with Gasteiger partial charge in [0.05, 0.1) is 18.0 Å². The fourth-order valence-corrected chi connectivity index (χ4v) is 0.739. The van der Waals surface area contributed by atoms with Crippen LogP contribution in [0.2, 0.25) is 0 Å². The molecule has 0 aromatic carbocycles. The molecule has 0 aliphatic carbocycles. The van der Waals surface area contributed by atoms with E-state index >= 15 is 0 Å². The molecule has 0 bridgehead atoms. The van der Waals surface area contributed by atoms with Gasteiger partial charge in [-0.15, -0.1) is 0 Å². The number of nitrogens with zero attached hydrogens (tertiary/aromatic N) is 2. The molecule has 0 aliphatic heterocycles. The first-order valence-corrected chi connectivity index (χ1v) is 3.68. The number of hydrogen-bond donors (Lipinski definition) is 2. The predicted molar refractivity (Wildman–Crippen MR) is 46.5 cm³/mol. The van der Waals surface area contributed by atoms with Crippen molar-refractivity contribution in [3.63, 3.8) is 0 Å². The summed E-state index contributed by atoms with van der Waals surface area (Å²) in [5.41, 5.74) is 6.65. The first-order valence-electron chi connectivity index (χ1n) is 3.68. The van der Waals surface area contributed by atoms with Crippen molar-refractivity contribution >= 4 is 11.4 Å². The molecule has 0 unspecified atom stereocenters. The highest BCUT2D eigenvalue weighted by molar-refractivity contribution is 6.41. The Morgan fingerprint density at radius 3 is 2.55 bits per heavy atom. The van der Waals surface area contributed by atoms with Crippen molar-refractivity contribution in [3.05, 3.63) is 0 Å². The highest BCUT2D eigenvalue weighted by Crippen LogP contribution is 1.89. The maximum absolute atomic E-state index is 8.41. The van der Waals surface area contributed by atoms with Gasteiger partial charge in [-0.2, -0.15) is 0 Å². The van der Waals surface area contributed by atoms with E-state index in [1.54, 1.807) is 6.92 Å². The third-order valence-electron chi connectivity index (χ3n) is 1.33. The molecular weight excluding hydrogens is 142 g/mol. The highest BCUT2D eigenvalue weighted by Gasteiger charge is 1.99. The second-order valence-electron chi connectivity index (χ2n) is 2.16. The molecule has 64 valence electrons. The molecule has 0 saturated heterocycles. The maximum Gasteiger partial charge on any atom is 0.0974 e. The number of oxime groups is 1. The van der Waals surface area contributed by atoms with Gasteiger partial charge in [0.1, 0.15) is 0 Å². The van der Waals surface area contributed by atoms with Gasteiger partial charge in [0, 0.05) is 6.54 Å². The molecule has 0 aromatic heterocycles. The second-order valence-corrected chi connectivity index (χ2v) is 2.16. The lowest BCUT2D eigenvalue weighted by atomic mass is 10.2. The summed E-state index contributed by atoms with van der Waals surface area (Å²) in [5.74, 6) is 0. The van der Waals surface area contributed by atoms with E-state index in [4.69, 9.17) is 10.9 Å². The number of hydrogen-bond acceptors (Lipinski definition) is 4. The third-order valence-corrected chi connectivity index (χ3v) is 1.33. The molecule has 3 N–H and O–H groups in total. The summed E-state index contributed by atoms with van der Waals surface area (Å²) in [7, 11) is 0. The normalized spacial score (nSPS) is 13.7. The lowest BCUT2D eigenvalue weighted by Crippen LogP contribution is -2.12. The Hall–Kier alpha value is -0.900. The summed E-state index contributed by atoms with van der Waals surface area (Å²) in [5, 5.41) is 11.5. The van der Waals surface area contributed by atoms with E-state index in [9.17, 15) is 0 Å². The predicted octanol–water partition coefficient (Wildman–Crippen LogP) is 0.646. The van der Waals surface area contributed by atoms with Crippen LogP contribution in [-0.4, -0.2) is 29.7 Å². The quantitative estimate of drug-likeness (QED) is 0.357. The second kappa shape index (κ2) is 5.85. The molecular formula is C7H15N3O. The Morgan fingerprint density at radius 1 is 1.55 bits per heavy atom. The molecule has 4 nitrogen and oxygen atoms in total. The fraction of sp³-hybridized carbons (Fsp3) is 0.714. The van der Waals surface area contributed by atoms with Crippen molar-refractivity contribution in [2.24, 2.45) is 15.9 Å². The monoisotopic (exact) mass is 157 g/mol. The minimum absolute atomic E-state index is 0.530. The van der Waals surface area contributed by atoms with Crippen LogP contribution in [-0.2, 0) is 0 Å². The van der Waals surface area contributed by atoms with Crippen LogP contribution < -0.4 is 5.73 Å². The lowest BCUT2D eigenvalue weighted by Gasteiger charge is -1.99. The highest BCUT2D eigenvalue weighted by atomic mass is 16.4. The largest absolute Gasteiger partial charge is 0.411 e. The molecule has 0 radical (unpaired) electrons. The first kappa shape index (κ1) is 10.1. The van der Waals surface area contributed by atoms with E-state index in [-0.39, 0.29) is 0 Å². The molecule has 0 spiro atoms. The van der Waals surface area contributed by atoms with Crippen LogP contribution in [0.4, 0.5) is 0 Å². The van der Waals surface area contributed by atoms with Crippen molar-refractivity contribution in [3.8, 4) is 0 Å². The molecule has 0 aliphatic rings. The zero-order chi connectivity index (χ0) is 8.69. The molecule has 0 fully saturated rings. The first-order chi connectivity index (χ1) is 5.26. The minimum Gasteiger partial charge on any atom is -0.411 e. The lowest BCUT2D eigenvalue weighted by molar-refractivity contribution is 0.319. The number of rotatable bonds is 4. The smallest absolute Gasteiger partial charge is 0.0974 e. The van der Waals surface area contributed by atoms with Crippen molar-refractivity contribution in [1.29, 1.82) is 0 Å². The summed E-state index contributed by atoms with van der Waals surface area (Å²) >= 11 is 0. The molecule has 0 rings (SSSR count). The number of aliphatic imine (C=N–C) groups is 1. The van der Waals surface area contributed by atoms with Crippen LogP contribution in [0.5, 0.6) is 0 Å². The zero-order valence-electron chi connectivity index (χ0n) is 7.04. The summed E-state index contributed by atoms with van der Waals surface area (Å²) in [6.45, 7) is 4.81. The van der Waals surface area contributed by atoms with Gasteiger partial charge in [-0.05, 0) is 13.3 Å². The molecule has 0 saturated carbocycles. The van der Waals surface area contributed by atoms with Gasteiger partial charge in [-0.1, -0.05) is 12.1 Å². The summed E-state index contributed by atoms with van der Waals surface area (Å²) in [4.78, 5) is 4.13.